The molecule has 0 amide bonds. The van der Waals surface area contributed by atoms with Crippen LogP contribution in [-0.2, 0) is 28.4 Å². The van der Waals surface area contributed by atoms with E-state index in [4.69, 9.17) is 28.4 Å². The quantitative estimate of drug-likeness (QED) is 0.0449. The maximum Gasteiger partial charge on any atom is 0.0936 e. The summed E-state index contributed by atoms with van der Waals surface area (Å²) in [5.41, 5.74) is 3.44. The molecule has 400 valence electrons. The van der Waals surface area contributed by atoms with Crippen molar-refractivity contribution in [3.63, 3.8) is 0 Å². The van der Waals surface area contributed by atoms with Gasteiger partial charge in [-0.05, 0) is 161 Å². The molecular weight excluding hydrogens is 855 g/mol. The van der Waals surface area contributed by atoms with Gasteiger partial charge < -0.3 is 28.4 Å². The molecule has 0 radical (unpaired) electrons. The summed E-state index contributed by atoms with van der Waals surface area (Å²) in [6, 6.07) is 0. The lowest BCUT2D eigenvalue weighted by atomic mass is 9.44. The van der Waals surface area contributed by atoms with E-state index < -0.39 is 0 Å². The molecule has 0 aromatic carbocycles. The van der Waals surface area contributed by atoms with E-state index in [0.29, 0.717) is 62.5 Å². The molecule has 5 rings (SSSR count). The maximum absolute atomic E-state index is 6.29. The first-order chi connectivity index (χ1) is 33.7. The van der Waals surface area contributed by atoms with Crippen LogP contribution in [0.15, 0.2) is 36.0 Å². The van der Waals surface area contributed by atoms with Gasteiger partial charge in [0, 0.05) is 32.8 Å². The molecule has 7 nitrogen and oxygen atoms in total. The van der Waals surface area contributed by atoms with Gasteiger partial charge in [0.15, 0.2) is 0 Å². The van der Waals surface area contributed by atoms with Crippen LogP contribution in [0.3, 0.4) is 0 Å². The zero-order chi connectivity index (χ0) is 48.9. The molecular formula is C62H111NO6. The van der Waals surface area contributed by atoms with Gasteiger partial charge in [-0.15, -0.1) is 0 Å². The normalized spacial score (nSPS) is 28.9. The number of morpholine rings is 1. The molecule has 1 heterocycles. The molecule has 1 saturated heterocycles. The van der Waals surface area contributed by atoms with Crippen LogP contribution in [0.25, 0.3) is 0 Å². The van der Waals surface area contributed by atoms with Gasteiger partial charge in [-0.2, -0.15) is 0 Å². The van der Waals surface area contributed by atoms with Gasteiger partial charge in [-0.25, -0.2) is 0 Å². The zero-order valence-corrected chi connectivity index (χ0v) is 46.2. The number of rotatable bonds is 39. The highest BCUT2D eigenvalue weighted by Gasteiger charge is 2.62. The van der Waals surface area contributed by atoms with Crippen molar-refractivity contribution in [2.24, 2.45) is 45.8 Å². The Bertz CT molecular complexity index is 1410. The number of nitrogens with zero attached hydrogens (tertiary/aromatic N) is 1. The van der Waals surface area contributed by atoms with Crippen molar-refractivity contribution in [3.8, 4) is 0 Å². The van der Waals surface area contributed by atoms with Crippen molar-refractivity contribution < 1.29 is 28.4 Å². The standard InChI is InChI=1S/C62H111NO6/c1-7-9-10-11-12-13-14-15-16-17-18-19-20-21-22-25-40-68-52-56(51-63-38-42-65-43-39-63)69-49-48-67-47-46-66-45-44-64-41-26-28-54-31-35-60(5)55(50-54)29-30-57-58(60)32-36-61(6)59(57)33-37-62(61,8-2)34-24-23-27-53(3)4/h12-13,15-16,29,53-54,56-59H,7-11,14,17-28,30-52H2,1-6H3/b13-12-,16-15-/t54-,56?,57+,58-,59?,60-,61-,62-/m0/s1. The lowest BCUT2D eigenvalue weighted by molar-refractivity contribution is -0.0795. The van der Waals surface area contributed by atoms with Crippen molar-refractivity contribution in [3.05, 3.63) is 36.0 Å². The number of hydrogen-bond donors (Lipinski definition) is 0. The minimum absolute atomic E-state index is 0.0523. The Morgan fingerprint density at radius 3 is 2.07 bits per heavy atom. The molecule has 0 aromatic heterocycles. The van der Waals surface area contributed by atoms with E-state index >= 15 is 0 Å². The summed E-state index contributed by atoms with van der Waals surface area (Å²) >= 11 is 0. The fourth-order valence-corrected chi connectivity index (χ4v) is 14.3. The summed E-state index contributed by atoms with van der Waals surface area (Å²) in [4.78, 5) is 2.44. The van der Waals surface area contributed by atoms with E-state index in [0.717, 1.165) is 94.9 Å². The summed E-state index contributed by atoms with van der Waals surface area (Å²) in [7, 11) is 0. The van der Waals surface area contributed by atoms with Gasteiger partial charge in [0.2, 0.25) is 0 Å². The molecule has 0 aromatic rings. The highest BCUT2D eigenvalue weighted by atomic mass is 16.6. The van der Waals surface area contributed by atoms with E-state index in [1.807, 2.05) is 5.57 Å². The first-order valence-corrected chi connectivity index (χ1v) is 30.0. The molecule has 0 bridgehead atoms. The highest BCUT2D eigenvalue weighted by molar-refractivity contribution is 5.26. The van der Waals surface area contributed by atoms with E-state index in [2.05, 4.69) is 76.8 Å². The fraction of sp³-hybridized carbons (Fsp3) is 0.903. The monoisotopic (exact) mass is 966 g/mol. The summed E-state index contributed by atoms with van der Waals surface area (Å²) in [5.74, 6) is 4.45. The molecule has 8 atom stereocenters. The van der Waals surface area contributed by atoms with E-state index in [9.17, 15) is 0 Å². The van der Waals surface area contributed by atoms with Crippen LogP contribution in [0.4, 0.5) is 0 Å². The fourth-order valence-electron chi connectivity index (χ4n) is 14.3. The molecule has 2 unspecified atom stereocenters. The second-order valence-corrected chi connectivity index (χ2v) is 23.7. The minimum atomic E-state index is 0.0523. The van der Waals surface area contributed by atoms with Crippen LogP contribution in [0.2, 0.25) is 0 Å². The molecule has 1 aliphatic heterocycles. The smallest absolute Gasteiger partial charge is 0.0936 e. The SMILES string of the molecule is CCCCC/C=C\C/C=C\CCCCCCCCOCC(CN1CCOCC1)OCCOCCOCCOCCC[C@H]1CC[C@@]2(C)C(=CC[C@H]3C4CC[C@](CC)(CCCCC(C)C)[C@@]4(C)CC[C@@H]32)C1. The largest absolute Gasteiger partial charge is 0.379 e. The average molecular weight is 967 g/mol. The van der Waals surface area contributed by atoms with Gasteiger partial charge in [-0.3, -0.25) is 4.90 Å². The lowest BCUT2D eigenvalue weighted by Gasteiger charge is -2.60. The van der Waals surface area contributed by atoms with Crippen molar-refractivity contribution >= 4 is 0 Å². The zero-order valence-electron chi connectivity index (χ0n) is 46.2. The summed E-state index contributed by atoms with van der Waals surface area (Å²) < 4.78 is 35.8. The Balaban J connectivity index is 0.846. The second-order valence-electron chi connectivity index (χ2n) is 23.7. The molecule has 5 aliphatic rings. The first-order valence-electron chi connectivity index (χ1n) is 30.0. The Morgan fingerprint density at radius 2 is 1.35 bits per heavy atom. The third kappa shape index (κ3) is 19.6. The van der Waals surface area contributed by atoms with E-state index in [1.165, 1.54) is 154 Å². The average Bonchev–Trinajstić information content (AvgIpc) is 3.65. The van der Waals surface area contributed by atoms with Crippen LogP contribution in [0.1, 0.15) is 215 Å². The Labute approximate surface area is 426 Å². The van der Waals surface area contributed by atoms with E-state index in [1.54, 1.807) is 0 Å². The number of ether oxygens (including phenoxy) is 6. The number of fused-ring (bicyclic) bond motifs is 5. The molecule has 3 saturated carbocycles. The summed E-state index contributed by atoms with van der Waals surface area (Å²) in [6.07, 6.45) is 48.4. The third-order valence-corrected chi connectivity index (χ3v) is 18.7. The predicted octanol–water partition coefficient (Wildman–Crippen LogP) is 15.6. The third-order valence-electron chi connectivity index (χ3n) is 18.7. The topological polar surface area (TPSA) is 58.6 Å². The number of hydrogen-bond acceptors (Lipinski definition) is 7. The predicted molar refractivity (Wildman–Crippen MR) is 290 cm³/mol. The van der Waals surface area contributed by atoms with Crippen molar-refractivity contribution in [2.75, 3.05) is 92.3 Å². The summed E-state index contributed by atoms with van der Waals surface area (Å²) in [5, 5.41) is 0. The van der Waals surface area contributed by atoms with Gasteiger partial charge >= 0.3 is 0 Å². The van der Waals surface area contributed by atoms with Crippen molar-refractivity contribution in [1.29, 1.82) is 0 Å². The Morgan fingerprint density at radius 1 is 0.681 bits per heavy atom. The van der Waals surface area contributed by atoms with Gasteiger partial charge in [-0.1, -0.05) is 135 Å². The molecule has 7 heteroatoms. The van der Waals surface area contributed by atoms with Crippen molar-refractivity contribution in [2.45, 2.75) is 221 Å². The molecule has 4 aliphatic carbocycles. The Hall–Kier alpha value is -1.06. The number of allylic oxidation sites excluding steroid dienone is 6. The van der Waals surface area contributed by atoms with Crippen LogP contribution in [0, 0.1) is 45.8 Å². The maximum atomic E-state index is 6.29. The van der Waals surface area contributed by atoms with Crippen LogP contribution in [0.5, 0.6) is 0 Å². The molecule has 0 spiro atoms. The summed E-state index contributed by atoms with van der Waals surface area (Å²) in [6.45, 7) is 25.4. The first kappa shape index (κ1) is 58.8. The molecule has 69 heavy (non-hydrogen) atoms. The number of unbranched alkanes of at least 4 members (excludes halogenated alkanes) is 10. The van der Waals surface area contributed by atoms with Crippen LogP contribution < -0.4 is 0 Å². The van der Waals surface area contributed by atoms with E-state index in [-0.39, 0.29) is 6.10 Å². The lowest BCUT2D eigenvalue weighted by Crippen LogP contribution is -2.52. The molecule has 0 N–H and O–H groups in total. The minimum Gasteiger partial charge on any atom is -0.379 e. The Kier molecular flexibility index (Phi) is 28.7. The van der Waals surface area contributed by atoms with Gasteiger partial charge in [0.25, 0.3) is 0 Å². The van der Waals surface area contributed by atoms with Crippen LogP contribution in [-0.4, -0.2) is 103 Å². The highest BCUT2D eigenvalue weighted by Crippen LogP contribution is 2.71. The molecule has 4 fully saturated rings. The second kappa shape index (κ2) is 33.7. The van der Waals surface area contributed by atoms with Crippen LogP contribution >= 0.6 is 0 Å². The van der Waals surface area contributed by atoms with Gasteiger partial charge in [0.1, 0.15) is 0 Å². The van der Waals surface area contributed by atoms with Crippen molar-refractivity contribution in [1.82, 2.24) is 4.90 Å². The van der Waals surface area contributed by atoms with Gasteiger partial charge in [0.05, 0.1) is 65.6 Å².